The van der Waals surface area contributed by atoms with Gasteiger partial charge in [0.1, 0.15) is 11.6 Å². The first-order valence-electron chi connectivity index (χ1n) is 13.3. The van der Waals surface area contributed by atoms with Gasteiger partial charge in [-0.3, -0.25) is 9.79 Å². The number of hydrogen-bond acceptors (Lipinski definition) is 7. The fraction of sp³-hybridized carbons (Fsp3) is 0.333. The van der Waals surface area contributed by atoms with Gasteiger partial charge in [-0.15, -0.1) is 0 Å². The number of nitrogens with zero attached hydrogens (tertiary/aromatic N) is 6. The predicted molar refractivity (Wildman–Crippen MR) is 150 cm³/mol. The van der Waals surface area contributed by atoms with Crippen LogP contribution in [0.5, 0.6) is 5.75 Å². The van der Waals surface area contributed by atoms with Gasteiger partial charge in [0.2, 0.25) is 0 Å². The molecular weight excluding hydrogens is 492 g/mol. The number of piperidine rings is 1. The monoisotopic (exact) mass is 524 g/mol. The highest BCUT2D eigenvalue weighted by molar-refractivity contribution is 5.85. The summed E-state index contributed by atoms with van der Waals surface area (Å²) >= 11 is 0. The Kier molecular flexibility index (Phi) is 6.74. The van der Waals surface area contributed by atoms with Crippen molar-refractivity contribution in [1.29, 1.82) is 0 Å². The quantitative estimate of drug-likeness (QED) is 0.306. The number of ether oxygens (including phenoxy) is 2. The van der Waals surface area contributed by atoms with Crippen LogP contribution in [0.25, 0.3) is 16.6 Å². The van der Waals surface area contributed by atoms with Crippen molar-refractivity contribution in [3.05, 3.63) is 78.2 Å². The molecule has 3 aliphatic heterocycles. The van der Waals surface area contributed by atoms with Gasteiger partial charge in [-0.05, 0) is 43.8 Å². The fourth-order valence-corrected chi connectivity index (χ4v) is 5.89. The summed E-state index contributed by atoms with van der Waals surface area (Å²) in [7, 11) is 1.60. The number of benzene rings is 1. The molecule has 0 saturated carbocycles. The molecule has 1 amide bonds. The number of carbonyl (C=O) groups is 1. The van der Waals surface area contributed by atoms with Crippen LogP contribution in [0.3, 0.4) is 0 Å². The topological polar surface area (TPSA) is 84.6 Å². The molecule has 4 aromatic rings. The van der Waals surface area contributed by atoms with Crippen LogP contribution in [-0.4, -0.2) is 71.0 Å². The number of hydrogen-bond donors (Lipinski definition) is 0. The molecule has 1 aromatic carbocycles. The van der Waals surface area contributed by atoms with Gasteiger partial charge in [0.05, 0.1) is 43.1 Å². The summed E-state index contributed by atoms with van der Waals surface area (Å²) in [6.45, 7) is 8.17. The smallest absolute Gasteiger partial charge is 0.256 e. The van der Waals surface area contributed by atoms with Gasteiger partial charge >= 0.3 is 0 Å². The van der Waals surface area contributed by atoms with Crippen LogP contribution in [0.1, 0.15) is 30.6 Å². The van der Waals surface area contributed by atoms with Gasteiger partial charge < -0.3 is 19.3 Å². The number of amides is 1. The molecule has 200 valence electrons. The molecule has 39 heavy (non-hydrogen) atoms. The van der Waals surface area contributed by atoms with Crippen molar-refractivity contribution in [3.8, 4) is 16.9 Å². The van der Waals surface area contributed by atoms with E-state index in [1.165, 1.54) is 0 Å². The molecule has 6 heterocycles. The maximum absolute atomic E-state index is 13.4. The Morgan fingerprint density at radius 2 is 1.95 bits per heavy atom. The van der Waals surface area contributed by atoms with Crippen LogP contribution in [0, 0.1) is 0 Å². The summed E-state index contributed by atoms with van der Waals surface area (Å²) in [6.07, 6.45) is 6.04. The van der Waals surface area contributed by atoms with E-state index in [1.54, 1.807) is 7.11 Å². The van der Waals surface area contributed by atoms with E-state index < -0.39 is 6.10 Å². The number of pyridine rings is 2. The van der Waals surface area contributed by atoms with Crippen LogP contribution in [0.2, 0.25) is 0 Å². The van der Waals surface area contributed by atoms with Gasteiger partial charge in [0.15, 0.2) is 6.10 Å². The SMILES string of the molecule is C=NCc1cnn2cc(OCC)cc(-c3ccc(N4CC5CC(C4)N5C(=O)[C@H](OC)c4ccccc4)nc3)c12. The molecule has 2 bridgehead atoms. The standard InChI is InChI=1S/C30H32N6O3/c1-4-39-25-13-26(28-22(14-31-2)16-33-35(28)19-25)21-10-11-27(32-15-21)34-17-23-12-24(18-34)36(23)30(37)29(38-3)20-8-6-5-7-9-20/h5-11,13,15-16,19,23-24,29H,2,4,12,14,17-18H2,1,3H3/t23?,24?,29-/m1/s1. The minimum atomic E-state index is -0.575. The summed E-state index contributed by atoms with van der Waals surface area (Å²) in [5, 5.41) is 4.51. The lowest BCUT2D eigenvalue weighted by molar-refractivity contribution is -0.157. The van der Waals surface area contributed by atoms with E-state index in [2.05, 4.69) is 33.8 Å². The first-order valence-corrected chi connectivity index (χ1v) is 13.3. The number of piperazine rings is 1. The maximum atomic E-state index is 13.4. The third kappa shape index (κ3) is 4.52. The Labute approximate surface area is 227 Å². The largest absolute Gasteiger partial charge is 0.492 e. The lowest BCUT2D eigenvalue weighted by atomic mass is 9.86. The van der Waals surface area contributed by atoms with E-state index in [4.69, 9.17) is 14.5 Å². The maximum Gasteiger partial charge on any atom is 0.256 e. The number of fused-ring (bicyclic) bond motifs is 3. The third-order valence-corrected chi connectivity index (χ3v) is 7.65. The molecule has 0 spiro atoms. The van der Waals surface area contributed by atoms with E-state index in [0.717, 1.165) is 58.8 Å². The molecule has 9 nitrogen and oxygen atoms in total. The Balaban J connectivity index is 1.21. The summed E-state index contributed by atoms with van der Waals surface area (Å²) in [5.74, 6) is 1.69. The average molecular weight is 525 g/mol. The molecule has 9 heteroatoms. The second kappa shape index (κ2) is 10.5. The van der Waals surface area contributed by atoms with Crippen LogP contribution in [0.15, 0.2) is 72.1 Å². The van der Waals surface area contributed by atoms with Crippen LogP contribution in [-0.2, 0) is 16.1 Å². The average Bonchev–Trinajstić information content (AvgIpc) is 3.37. The summed E-state index contributed by atoms with van der Waals surface area (Å²) in [5.41, 5.74) is 4.82. The van der Waals surface area contributed by atoms with Crippen molar-refractivity contribution < 1.29 is 14.3 Å². The molecule has 3 aliphatic rings. The molecule has 0 radical (unpaired) electrons. The summed E-state index contributed by atoms with van der Waals surface area (Å²) in [6, 6.07) is 16.2. The molecule has 2 unspecified atom stereocenters. The first-order chi connectivity index (χ1) is 19.1. The molecule has 0 aliphatic carbocycles. The van der Waals surface area contributed by atoms with Gasteiger partial charge in [-0.2, -0.15) is 5.10 Å². The minimum Gasteiger partial charge on any atom is -0.492 e. The Bertz CT molecular complexity index is 1470. The van der Waals surface area contributed by atoms with E-state index >= 15 is 0 Å². The van der Waals surface area contributed by atoms with Gasteiger partial charge in [0, 0.05) is 43.1 Å². The number of anilines is 1. The molecule has 3 fully saturated rings. The van der Waals surface area contributed by atoms with Crippen LogP contribution < -0.4 is 9.64 Å². The minimum absolute atomic E-state index is 0.0386. The van der Waals surface area contributed by atoms with Crippen molar-refractivity contribution in [1.82, 2.24) is 19.5 Å². The first kappa shape index (κ1) is 25.1. The highest BCUT2D eigenvalue weighted by Gasteiger charge is 2.49. The highest BCUT2D eigenvalue weighted by atomic mass is 16.5. The summed E-state index contributed by atoms with van der Waals surface area (Å²) < 4.78 is 13.2. The Morgan fingerprint density at radius 3 is 2.62 bits per heavy atom. The molecular formula is C30H32N6O3. The van der Waals surface area contributed by atoms with Crippen LogP contribution >= 0.6 is 0 Å². The van der Waals surface area contributed by atoms with Crippen molar-refractivity contribution >= 4 is 24.0 Å². The van der Waals surface area contributed by atoms with E-state index in [0.29, 0.717) is 13.2 Å². The van der Waals surface area contributed by atoms with Crippen molar-refractivity contribution in [2.75, 3.05) is 31.7 Å². The molecule has 0 N–H and O–H groups in total. The normalized spacial score (nSPS) is 19.0. The fourth-order valence-electron chi connectivity index (χ4n) is 5.89. The Hall–Kier alpha value is -4.24. The van der Waals surface area contributed by atoms with Crippen molar-refractivity contribution in [3.63, 3.8) is 0 Å². The van der Waals surface area contributed by atoms with Gasteiger partial charge in [-0.1, -0.05) is 30.3 Å². The zero-order valence-electron chi connectivity index (χ0n) is 22.2. The predicted octanol–water partition coefficient (Wildman–Crippen LogP) is 4.17. The molecule has 3 aromatic heterocycles. The van der Waals surface area contributed by atoms with E-state index in [9.17, 15) is 4.79 Å². The molecule has 3 atom stereocenters. The highest BCUT2D eigenvalue weighted by Crippen LogP contribution is 2.38. The second-order valence-electron chi connectivity index (χ2n) is 9.99. The summed E-state index contributed by atoms with van der Waals surface area (Å²) in [4.78, 5) is 26.6. The van der Waals surface area contributed by atoms with Crippen LogP contribution in [0.4, 0.5) is 5.82 Å². The zero-order valence-corrected chi connectivity index (χ0v) is 22.2. The van der Waals surface area contributed by atoms with Crippen molar-refractivity contribution in [2.45, 2.75) is 38.1 Å². The van der Waals surface area contributed by atoms with Gasteiger partial charge in [0.25, 0.3) is 5.91 Å². The third-order valence-electron chi connectivity index (χ3n) is 7.65. The zero-order chi connectivity index (χ0) is 26.9. The van der Waals surface area contributed by atoms with Crippen molar-refractivity contribution in [2.24, 2.45) is 4.99 Å². The van der Waals surface area contributed by atoms with E-state index in [-0.39, 0.29) is 18.0 Å². The lowest BCUT2D eigenvalue weighted by Crippen LogP contribution is -2.71. The second-order valence-corrected chi connectivity index (χ2v) is 9.99. The van der Waals surface area contributed by atoms with E-state index in [1.807, 2.05) is 71.3 Å². The number of carbonyl (C=O) groups excluding carboxylic acids is 1. The lowest BCUT2D eigenvalue weighted by Gasteiger charge is -2.57. The Morgan fingerprint density at radius 1 is 1.15 bits per heavy atom. The number of aromatic nitrogens is 3. The number of methoxy groups -OCH3 is 1. The van der Waals surface area contributed by atoms with Gasteiger partial charge in [-0.25, -0.2) is 9.50 Å². The molecule has 3 saturated heterocycles. The molecule has 7 rings (SSSR count). The number of rotatable bonds is 9. The number of aliphatic imine (C=N–C) groups is 1.